The molecule has 1 amide bonds. The zero-order valence-corrected chi connectivity index (χ0v) is 12.4. The van der Waals surface area contributed by atoms with Gasteiger partial charge in [-0.25, -0.2) is 0 Å². The summed E-state index contributed by atoms with van der Waals surface area (Å²) >= 11 is 0. The molecule has 1 aromatic carbocycles. The molecule has 0 aliphatic carbocycles. The first kappa shape index (κ1) is 15.0. The Hall–Kier alpha value is -2.36. The zero-order chi connectivity index (χ0) is 15.1. The van der Waals surface area contributed by atoms with Crippen molar-refractivity contribution < 1.29 is 9.53 Å². The standard InChI is InChI=1S/C17H20N2O2/c1-3-14-7-9-15(10-8-14)21-12-17(20)19-13(2)16-6-4-5-11-18-16/h4-11,13H,3,12H2,1-2H3,(H,19,20). The number of aromatic nitrogens is 1. The highest BCUT2D eigenvalue weighted by Crippen LogP contribution is 2.12. The van der Waals surface area contributed by atoms with Crippen LogP contribution in [-0.2, 0) is 11.2 Å². The Labute approximate surface area is 125 Å². The van der Waals surface area contributed by atoms with E-state index >= 15 is 0 Å². The highest BCUT2D eigenvalue weighted by molar-refractivity contribution is 5.77. The molecular formula is C17H20N2O2. The van der Waals surface area contributed by atoms with Gasteiger partial charge in [-0.1, -0.05) is 25.1 Å². The van der Waals surface area contributed by atoms with Crippen molar-refractivity contribution in [2.24, 2.45) is 0 Å². The molecule has 1 heterocycles. The molecule has 4 nitrogen and oxygen atoms in total. The summed E-state index contributed by atoms with van der Waals surface area (Å²) in [5.74, 6) is 0.542. The number of amides is 1. The molecule has 21 heavy (non-hydrogen) atoms. The first-order valence-corrected chi connectivity index (χ1v) is 7.11. The Morgan fingerprint density at radius 2 is 2.00 bits per heavy atom. The van der Waals surface area contributed by atoms with Gasteiger partial charge in [0.25, 0.3) is 5.91 Å². The van der Waals surface area contributed by atoms with E-state index in [0.717, 1.165) is 12.1 Å². The number of pyridine rings is 1. The van der Waals surface area contributed by atoms with Gasteiger partial charge in [-0.2, -0.15) is 0 Å². The van der Waals surface area contributed by atoms with Gasteiger partial charge in [0.15, 0.2) is 6.61 Å². The minimum absolute atomic E-state index is 0.00262. The number of hydrogen-bond acceptors (Lipinski definition) is 3. The second kappa shape index (κ2) is 7.43. The fraction of sp³-hybridized carbons (Fsp3) is 0.294. The van der Waals surface area contributed by atoms with Crippen molar-refractivity contribution in [1.82, 2.24) is 10.3 Å². The lowest BCUT2D eigenvalue weighted by molar-refractivity contribution is -0.123. The van der Waals surface area contributed by atoms with E-state index in [1.807, 2.05) is 49.4 Å². The SMILES string of the molecule is CCc1ccc(OCC(=O)NC(C)c2ccccn2)cc1. The van der Waals surface area contributed by atoms with Gasteiger partial charge >= 0.3 is 0 Å². The van der Waals surface area contributed by atoms with E-state index in [4.69, 9.17) is 4.74 Å². The summed E-state index contributed by atoms with van der Waals surface area (Å²) < 4.78 is 5.47. The average molecular weight is 284 g/mol. The van der Waals surface area contributed by atoms with Gasteiger partial charge in [-0.3, -0.25) is 9.78 Å². The predicted molar refractivity (Wildman–Crippen MR) is 82.1 cm³/mol. The molecule has 1 N–H and O–H groups in total. The molecule has 0 aliphatic rings. The molecule has 2 aromatic rings. The quantitative estimate of drug-likeness (QED) is 0.887. The molecule has 1 aromatic heterocycles. The van der Waals surface area contributed by atoms with E-state index in [2.05, 4.69) is 17.2 Å². The summed E-state index contributed by atoms with van der Waals surface area (Å²) in [6.45, 7) is 4.00. The van der Waals surface area contributed by atoms with Crippen LogP contribution in [0.4, 0.5) is 0 Å². The molecule has 0 saturated carbocycles. The highest BCUT2D eigenvalue weighted by atomic mass is 16.5. The summed E-state index contributed by atoms with van der Waals surface area (Å²) in [4.78, 5) is 16.1. The second-order valence-electron chi connectivity index (χ2n) is 4.83. The van der Waals surface area contributed by atoms with Gasteiger partial charge < -0.3 is 10.1 Å². The molecule has 0 saturated heterocycles. The van der Waals surface area contributed by atoms with Crippen LogP contribution >= 0.6 is 0 Å². The maximum absolute atomic E-state index is 11.9. The van der Waals surface area contributed by atoms with E-state index < -0.39 is 0 Å². The largest absolute Gasteiger partial charge is 0.484 e. The number of carbonyl (C=O) groups excluding carboxylic acids is 1. The molecule has 110 valence electrons. The van der Waals surface area contributed by atoms with Crippen molar-refractivity contribution in [2.75, 3.05) is 6.61 Å². The van der Waals surface area contributed by atoms with Crippen molar-refractivity contribution in [2.45, 2.75) is 26.3 Å². The molecule has 0 spiro atoms. The monoisotopic (exact) mass is 284 g/mol. The van der Waals surface area contributed by atoms with Crippen molar-refractivity contribution in [1.29, 1.82) is 0 Å². The second-order valence-corrected chi connectivity index (χ2v) is 4.83. The van der Waals surface area contributed by atoms with Crippen molar-refractivity contribution in [3.8, 4) is 5.75 Å². The molecular weight excluding hydrogens is 264 g/mol. The van der Waals surface area contributed by atoms with Crippen LogP contribution in [0.2, 0.25) is 0 Å². The normalized spacial score (nSPS) is 11.7. The number of aryl methyl sites for hydroxylation is 1. The molecule has 1 atom stereocenters. The molecule has 0 radical (unpaired) electrons. The Bertz CT molecular complexity index is 567. The third-order valence-electron chi connectivity index (χ3n) is 3.21. The Morgan fingerprint density at radius 1 is 1.24 bits per heavy atom. The van der Waals surface area contributed by atoms with E-state index in [1.165, 1.54) is 5.56 Å². The first-order chi connectivity index (χ1) is 10.2. The van der Waals surface area contributed by atoms with E-state index in [-0.39, 0.29) is 18.6 Å². The molecule has 0 fully saturated rings. The Balaban J connectivity index is 1.81. The molecule has 0 bridgehead atoms. The van der Waals surface area contributed by atoms with Crippen LogP contribution < -0.4 is 10.1 Å². The van der Waals surface area contributed by atoms with Crippen LogP contribution in [0.1, 0.15) is 31.1 Å². The van der Waals surface area contributed by atoms with Gasteiger partial charge in [-0.05, 0) is 43.2 Å². The zero-order valence-electron chi connectivity index (χ0n) is 12.4. The van der Waals surface area contributed by atoms with E-state index in [1.54, 1.807) is 6.20 Å². The number of rotatable bonds is 6. The minimum Gasteiger partial charge on any atom is -0.484 e. The summed E-state index contributed by atoms with van der Waals surface area (Å²) in [7, 11) is 0. The van der Waals surface area contributed by atoms with Crippen molar-refractivity contribution in [3.63, 3.8) is 0 Å². The molecule has 1 unspecified atom stereocenters. The Kier molecular flexibility index (Phi) is 5.32. The fourth-order valence-electron chi connectivity index (χ4n) is 1.96. The molecule has 2 rings (SSSR count). The maximum atomic E-state index is 11.9. The Morgan fingerprint density at radius 3 is 2.62 bits per heavy atom. The van der Waals surface area contributed by atoms with Crippen LogP contribution in [-0.4, -0.2) is 17.5 Å². The number of benzene rings is 1. The topological polar surface area (TPSA) is 51.2 Å². The van der Waals surface area contributed by atoms with Gasteiger partial charge in [0.2, 0.25) is 0 Å². The number of nitrogens with one attached hydrogen (secondary N) is 1. The molecule has 0 aliphatic heterocycles. The number of ether oxygens (including phenoxy) is 1. The number of hydrogen-bond donors (Lipinski definition) is 1. The van der Waals surface area contributed by atoms with Crippen molar-refractivity contribution in [3.05, 3.63) is 59.9 Å². The lowest BCUT2D eigenvalue weighted by atomic mass is 10.2. The van der Waals surface area contributed by atoms with Gasteiger partial charge in [0.05, 0.1) is 11.7 Å². The third-order valence-corrected chi connectivity index (χ3v) is 3.21. The van der Waals surface area contributed by atoms with E-state index in [0.29, 0.717) is 5.75 Å². The van der Waals surface area contributed by atoms with E-state index in [9.17, 15) is 4.79 Å². The third kappa shape index (κ3) is 4.60. The predicted octanol–water partition coefficient (Wildman–Crippen LogP) is 2.90. The van der Waals surface area contributed by atoms with Crippen LogP contribution in [0.3, 0.4) is 0 Å². The summed E-state index contributed by atoms with van der Waals surface area (Å²) in [6, 6.07) is 13.3. The number of carbonyl (C=O) groups is 1. The average Bonchev–Trinajstić information content (AvgIpc) is 2.54. The summed E-state index contributed by atoms with van der Waals surface area (Å²) in [5, 5.41) is 2.86. The lowest BCUT2D eigenvalue weighted by Crippen LogP contribution is -2.31. The fourth-order valence-corrected chi connectivity index (χ4v) is 1.96. The van der Waals surface area contributed by atoms with Gasteiger partial charge in [-0.15, -0.1) is 0 Å². The first-order valence-electron chi connectivity index (χ1n) is 7.11. The van der Waals surface area contributed by atoms with Crippen LogP contribution in [0.25, 0.3) is 0 Å². The molecule has 4 heteroatoms. The van der Waals surface area contributed by atoms with Gasteiger partial charge in [0.1, 0.15) is 5.75 Å². The number of nitrogens with zero attached hydrogens (tertiary/aromatic N) is 1. The minimum atomic E-state index is -0.160. The highest BCUT2D eigenvalue weighted by Gasteiger charge is 2.10. The maximum Gasteiger partial charge on any atom is 0.258 e. The summed E-state index contributed by atoms with van der Waals surface area (Å²) in [6.07, 6.45) is 2.70. The van der Waals surface area contributed by atoms with Crippen molar-refractivity contribution >= 4 is 5.91 Å². The van der Waals surface area contributed by atoms with Crippen LogP contribution in [0, 0.1) is 0 Å². The smallest absolute Gasteiger partial charge is 0.258 e. The van der Waals surface area contributed by atoms with Crippen LogP contribution in [0.15, 0.2) is 48.7 Å². The lowest BCUT2D eigenvalue weighted by Gasteiger charge is -2.13. The summed E-state index contributed by atoms with van der Waals surface area (Å²) in [5.41, 5.74) is 2.08. The van der Waals surface area contributed by atoms with Gasteiger partial charge in [0, 0.05) is 6.20 Å². The van der Waals surface area contributed by atoms with Crippen LogP contribution in [0.5, 0.6) is 5.75 Å².